The molecule has 0 aliphatic carbocycles. The molecule has 7 heteroatoms. The van der Waals surface area contributed by atoms with Crippen LogP contribution in [0.2, 0.25) is 0 Å². The van der Waals surface area contributed by atoms with Gasteiger partial charge in [0.15, 0.2) is 5.96 Å². The third-order valence-corrected chi connectivity index (χ3v) is 4.76. The number of rotatable bonds is 6. The molecule has 0 saturated carbocycles. The largest absolute Gasteiger partial charge is 0.355 e. The summed E-state index contributed by atoms with van der Waals surface area (Å²) in [6, 6.07) is 0.869. The molecule has 3 rings (SSSR count). The summed E-state index contributed by atoms with van der Waals surface area (Å²) in [6.07, 6.45) is 1.02. The molecule has 3 aliphatic heterocycles. The first-order valence-corrected chi connectivity index (χ1v) is 8.71. The van der Waals surface area contributed by atoms with Crippen molar-refractivity contribution in [2.75, 3.05) is 59.9 Å². The van der Waals surface area contributed by atoms with E-state index in [0.29, 0.717) is 12.1 Å². The molecule has 0 aromatic heterocycles. The molecule has 3 heterocycles. The number of likely N-dealkylation sites (N-methyl/N-ethyl adjacent to an activating group) is 1. The Labute approximate surface area is 140 Å². The maximum absolute atomic E-state index is 11.8. The van der Waals surface area contributed by atoms with Gasteiger partial charge in [-0.05, 0) is 13.3 Å². The summed E-state index contributed by atoms with van der Waals surface area (Å²) in [5.41, 5.74) is 0. The Kier molecular flexibility index (Phi) is 6.65. The molecule has 0 radical (unpaired) electrons. The smallest absolute Gasteiger partial charge is 0.243 e. The van der Waals surface area contributed by atoms with E-state index in [2.05, 4.69) is 39.3 Å². The van der Waals surface area contributed by atoms with Gasteiger partial charge in [0.25, 0.3) is 0 Å². The van der Waals surface area contributed by atoms with Crippen LogP contribution in [0.5, 0.6) is 0 Å². The van der Waals surface area contributed by atoms with Gasteiger partial charge in [-0.3, -0.25) is 14.6 Å². The minimum atomic E-state index is 0.0156. The lowest BCUT2D eigenvalue weighted by Crippen LogP contribution is -2.64. The highest BCUT2D eigenvalue weighted by Crippen LogP contribution is 2.14. The monoisotopic (exact) mass is 324 g/mol. The van der Waals surface area contributed by atoms with Gasteiger partial charge in [-0.25, -0.2) is 4.99 Å². The van der Waals surface area contributed by atoms with E-state index in [0.717, 1.165) is 38.6 Å². The van der Waals surface area contributed by atoms with Crippen LogP contribution in [0.3, 0.4) is 0 Å². The lowest BCUT2D eigenvalue weighted by molar-refractivity contribution is -0.127. The molecule has 0 aromatic carbocycles. The van der Waals surface area contributed by atoms with Gasteiger partial charge in [-0.2, -0.15) is 0 Å². The molecule has 0 aromatic rings. The maximum Gasteiger partial charge on any atom is 0.243 e. The molecule has 2 unspecified atom stereocenters. The van der Waals surface area contributed by atoms with Crippen molar-refractivity contribution >= 4 is 11.9 Å². The second-order valence-corrected chi connectivity index (χ2v) is 6.78. The van der Waals surface area contributed by atoms with E-state index in [-0.39, 0.29) is 12.5 Å². The molecule has 3 aliphatic rings. The van der Waals surface area contributed by atoms with Crippen LogP contribution >= 0.6 is 0 Å². The van der Waals surface area contributed by atoms with Crippen molar-refractivity contribution in [3.8, 4) is 0 Å². The van der Waals surface area contributed by atoms with Crippen LogP contribution in [0.4, 0.5) is 0 Å². The summed E-state index contributed by atoms with van der Waals surface area (Å²) < 4.78 is 0. The summed E-state index contributed by atoms with van der Waals surface area (Å²) in [5, 5.41) is 6.81. The van der Waals surface area contributed by atoms with Crippen molar-refractivity contribution in [2.45, 2.75) is 32.4 Å². The average molecular weight is 324 g/mol. The lowest BCUT2D eigenvalue weighted by Gasteiger charge is -2.47. The molecular formula is C16H32N6O. The first-order chi connectivity index (χ1) is 11.0. The van der Waals surface area contributed by atoms with Gasteiger partial charge < -0.3 is 15.5 Å². The van der Waals surface area contributed by atoms with Crippen LogP contribution in [0.15, 0.2) is 4.99 Å². The molecule has 7 nitrogen and oxygen atoms in total. The van der Waals surface area contributed by atoms with Gasteiger partial charge in [0.1, 0.15) is 6.54 Å². The van der Waals surface area contributed by atoms with Crippen LogP contribution in [0.1, 0.15) is 20.3 Å². The first-order valence-electron chi connectivity index (χ1n) is 8.71. The number of nitrogens with one attached hydrogen (secondary N) is 2. The summed E-state index contributed by atoms with van der Waals surface area (Å²) >= 11 is 0. The molecule has 2 N–H and O–H groups in total. The highest BCUT2D eigenvalue weighted by molar-refractivity contribution is 5.84. The lowest BCUT2D eigenvalue weighted by atomic mass is 10.1. The van der Waals surface area contributed by atoms with E-state index < -0.39 is 0 Å². The van der Waals surface area contributed by atoms with E-state index >= 15 is 0 Å². The summed E-state index contributed by atoms with van der Waals surface area (Å²) in [4.78, 5) is 22.9. The fourth-order valence-corrected chi connectivity index (χ4v) is 2.91. The van der Waals surface area contributed by atoms with Crippen LogP contribution in [0.25, 0.3) is 0 Å². The molecule has 23 heavy (non-hydrogen) atoms. The fraction of sp³-hybridized carbons (Fsp3) is 0.875. The van der Waals surface area contributed by atoms with E-state index in [1.807, 2.05) is 0 Å². The van der Waals surface area contributed by atoms with Crippen LogP contribution < -0.4 is 10.6 Å². The molecule has 1 amide bonds. The van der Waals surface area contributed by atoms with Gasteiger partial charge in [0.2, 0.25) is 5.91 Å². The van der Waals surface area contributed by atoms with Crippen LogP contribution in [0, 0.1) is 0 Å². The minimum absolute atomic E-state index is 0.0156. The van der Waals surface area contributed by atoms with Crippen molar-refractivity contribution in [1.29, 1.82) is 0 Å². The number of nitrogens with zero attached hydrogens (tertiary/aromatic N) is 4. The van der Waals surface area contributed by atoms with Gasteiger partial charge in [-0.15, -0.1) is 0 Å². The zero-order chi connectivity index (χ0) is 16.8. The number of fused-ring (bicyclic) bond motifs is 3. The number of carbonyl (C=O) groups excluding carboxylic acids is 1. The number of amides is 1. The van der Waals surface area contributed by atoms with Gasteiger partial charge in [0.05, 0.1) is 0 Å². The Morgan fingerprint density at radius 1 is 1.30 bits per heavy atom. The standard InChI is InChI=1S/C16H32N6O/c1-5-13(2)19-16(18-11-15(23)20(3)4)17-10-14-12-21-6-8-22(14)9-7-21/h13-14H,5-12H2,1-4H3,(H2,17,18,19). The van der Waals surface area contributed by atoms with E-state index in [9.17, 15) is 4.79 Å². The molecule has 3 fully saturated rings. The minimum Gasteiger partial charge on any atom is -0.355 e. The van der Waals surface area contributed by atoms with Gasteiger partial charge >= 0.3 is 0 Å². The number of hydrogen-bond acceptors (Lipinski definition) is 4. The number of hydrogen-bond donors (Lipinski definition) is 2. The predicted octanol–water partition coefficient (Wildman–Crippen LogP) is -0.592. The predicted molar refractivity (Wildman–Crippen MR) is 93.7 cm³/mol. The third kappa shape index (κ3) is 5.35. The number of aliphatic imine (C=N–C) groups is 1. The van der Waals surface area contributed by atoms with Crippen molar-refractivity contribution in [2.24, 2.45) is 4.99 Å². The van der Waals surface area contributed by atoms with E-state index in [1.165, 1.54) is 13.1 Å². The van der Waals surface area contributed by atoms with Crippen molar-refractivity contribution in [3.05, 3.63) is 0 Å². The van der Waals surface area contributed by atoms with Crippen molar-refractivity contribution < 1.29 is 4.79 Å². The molecule has 132 valence electrons. The second kappa shape index (κ2) is 8.49. The zero-order valence-electron chi connectivity index (χ0n) is 15.0. The Bertz CT molecular complexity index is 417. The summed E-state index contributed by atoms with van der Waals surface area (Å²) in [5.74, 6) is 0.758. The van der Waals surface area contributed by atoms with Crippen molar-refractivity contribution in [3.63, 3.8) is 0 Å². The Hall–Kier alpha value is -1.34. The number of carbonyl (C=O) groups is 1. The number of guanidine groups is 1. The molecule has 2 atom stereocenters. The molecular weight excluding hydrogens is 292 g/mol. The third-order valence-electron chi connectivity index (χ3n) is 4.76. The highest BCUT2D eigenvalue weighted by Gasteiger charge is 2.31. The Morgan fingerprint density at radius 2 is 2.00 bits per heavy atom. The van der Waals surface area contributed by atoms with Crippen LogP contribution in [-0.4, -0.2) is 98.6 Å². The Balaban J connectivity index is 1.88. The van der Waals surface area contributed by atoms with E-state index in [4.69, 9.17) is 0 Å². The normalized spacial score (nSPS) is 28.3. The summed E-state index contributed by atoms with van der Waals surface area (Å²) in [6.45, 7) is 11.2. The van der Waals surface area contributed by atoms with Crippen molar-refractivity contribution in [1.82, 2.24) is 25.3 Å². The first kappa shape index (κ1) is 18.0. The quantitative estimate of drug-likeness (QED) is 0.505. The molecule has 0 spiro atoms. The van der Waals surface area contributed by atoms with E-state index in [1.54, 1.807) is 19.0 Å². The van der Waals surface area contributed by atoms with Gasteiger partial charge in [0, 0.05) is 65.4 Å². The highest BCUT2D eigenvalue weighted by atomic mass is 16.2. The average Bonchev–Trinajstić information content (AvgIpc) is 2.57. The molecule has 3 saturated heterocycles. The number of piperazine rings is 3. The van der Waals surface area contributed by atoms with Gasteiger partial charge in [-0.1, -0.05) is 6.92 Å². The molecule has 2 bridgehead atoms. The maximum atomic E-state index is 11.8. The second-order valence-electron chi connectivity index (χ2n) is 6.78. The Morgan fingerprint density at radius 3 is 2.52 bits per heavy atom. The fourth-order valence-electron chi connectivity index (χ4n) is 2.91. The zero-order valence-corrected chi connectivity index (χ0v) is 15.0. The summed E-state index contributed by atoms with van der Waals surface area (Å²) in [7, 11) is 3.51. The topological polar surface area (TPSA) is 63.2 Å². The van der Waals surface area contributed by atoms with Crippen LogP contribution in [-0.2, 0) is 4.79 Å². The SMILES string of the molecule is CCC(C)NC(=NCC(=O)N(C)C)NCC1CN2CCN1CC2.